The summed E-state index contributed by atoms with van der Waals surface area (Å²) in [7, 11) is 0. The van der Waals surface area contributed by atoms with Crippen molar-refractivity contribution in [1.29, 1.82) is 0 Å². The predicted octanol–water partition coefficient (Wildman–Crippen LogP) is 5.01. The highest BCUT2D eigenvalue weighted by atomic mass is 79.9. The second kappa shape index (κ2) is 5.31. The number of nitrogens with zero attached hydrogens (tertiary/aromatic N) is 1. The van der Waals surface area contributed by atoms with Crippen LogP contribution in [-0.2, 0) is 0 Å². The number of anilines is 1. The maximum absolute atomic E-state index is 6.04. The van der Waals surface area contributed by atoms with Crippen molar-refractivity contribution in [3.63, 3.8) is 0 Å². The minimum Gasteiger partial charge on any atom is -0.380 e. The molecular weight excluding hydrogens is 340 g/mol. The molecule has 2 N–H and O–H groups in total. The van der Waals surface area contributed by atoms with Crippen LogP contribution in [0.4, 0.5) is 5.82 Å². The summed E-state index contributed by atoms with van der Waals surface area (Å²) < 4.78 is 6.38. The van der Waals surface area contributed by atoms with Gasteiger partial charge in [-0.05, 0) is 42.0 Å². The minimum absolute atomic E-state index is 0.352. The zero-order valence-electron chi connectivity index (χ0n) is 10.3. The lowest BCUT2D eigenvalue weighted by atomic mass is 10.0. The molecule has 1 aromatic heterocycles. The molecule has 0 saturated carbocycles. The van der Waals surface area contributed by atoms with Crippen molar-refractivity contribution in [1.82, 2.24) is 5.16 Å². The third-order valence-corrected chi connectivity index (χ3v) is 3.70. The van der Waals surface area contributed by atoms with E-state index >= 15 is 0 Å². The lowest BCUT2D eigenvalue weighted by Gasteiger charge is -2.03. The Hall–Kier alpha value is -1.78. The summed E-state index contributed by atoms with van der Waals surface area (Å²) in [6, 6.07) is 15.2. The number of aromatic nitrogens is 1. The van der Waals surface area contributed by atoms with Gasteiger partial charge in [-0.15, -0.1) is 0 Å². The molecule has 0 spiro atoms. The molecule has 3 nitrogen and oxygen atoms in total. The number of benzene rings is 2. The predicted molar refractivity (Wildman–Crippen MR) is 84.5 cm³/mol. The van der Waals surface area contributed by atoms with Crippen molar-refractivity contribution in [3.05, 3.63) is 58.0 Å². The molecule has 3 rings (SSSR count). The van der Waals surface area contributed by atoms with Crippen molar-refractivity contribution in [2.75, 3.05) is 5.73 Å². The zero-order chi connectivity index (χ0) is 14.1. The molecule has 0 unspecified atom stereocenters. The normalized spacial score (nSPS) is 10.7. The van der Waals surface area contributed by atoms with E-state index in [0.29, 0.717) is 16.6 Å². The highest BCUT2D eigenvalue weighted by Gasteiger charge is 2.17. The van der Waals surface area contributed by atoms with E-state index in [2.05, 4.69) is 21.1 Å². The molecule has 0 radical (unpaired) electrons. The van der Waals surface area contributed by atoms with Gasteiger partial charge in [-0.25, -0.2) is 0 Å². The fourth-order valence-electron chi connectivity index (χ4n) is 2.02. The van der Waals surface area contributed by atoms with Crippen molar-refractivity contribution < 1.29 is 4.52 Å². The lowest BCUT2D eigenvalue weighted by molar-refractivity contribution is 0.436. The Labute approximate surface area is 129 Å². The van der Waals surface area contributed by atoms with Gasteiger partial charge in [-0.1, -0.05) is 44.8 Å². The van der Waals surface area contributed by atoms with Gasteiger partial charge in [0, 0.05) is 15.1 Å². The maximum atomic E-state index is 6.04. The number of hydrogen-bond donors (Lipinski definition) is 1. The summed E-state index contributed by atoms with van der Waals surface area (Å²) in [5.74, 6) is 0.988. The SMILES string of the molecule is Nc1noc(-c2ccc(Br)cc2)c1-c1cccc(Cl)c1. The van der Waals surface area contributed by atoms with E-state index in [4.69, 9.17) is 21.9 Å². The van der Waals surface area contributed by atoms with Crippen LogP contribution >= 0.6 is 27.5 Å². The largest absolute Gasteiger partial charge is 0.380 e. The number of halogens is 2. The highest BCUT2D eigenvalue weighted by Crippen LogP contribution is 2.37. The minimum atomic E-state index is 0.352. The summed E-state index contributed by atoms with van der Waals surface area (Å²) in [4.78, 5) is 0. The maximum Gasteiger partial charge on any atom is 0.176 e. The van der Waals surface area contributed by atoms with Crippen LogP contribution in [0.2, 0.25) is 5.02 Å². The van der Waals surface area contributed by atoms with Gasteiger partial charge >= 0.3 is 0 Å². The molecule has 0 bridgehead atoms. The van der Waals surface area contributed by atoms with Gasteiger partial charge in [0.1, 0.15) is 0 Å². The Bertz CT molecular complexity index is 753. The summed E-state index contributed by atoms with van der Waals surface area (Å²) in [5.41, 5.74) is 8.49. The molecule has 20 heavy (non-hydrogen) atoms. The number of nitrogen functional groups attached to an aromatic ring is 1. The molecule has 1 heterocycles. The fraction of sp³-hybridized carbons (Fsp3) is 0. The van der Waals surface area contributed by atoms with Crippen LogP contribution < -0.4 is 5.73 Å². The molecule has 3 aromatic rings. The summed E-state index contributed by atoms with van der Waals surface area (Å²) in [5, 5.41) is 4.51. The zero-order valence-corrected chi connectivity index (χ0v) is 12.6. The molecule has 2 aromatic carbocycles. The average molecular weight is 350 g/mol. The topological polar surface area (TPSA) is 52.0 Å². The Morgan fingerprint density at radius 1 is 1.05 bits per heavy atom. The van der Waals surface area contributed by atoms with Crippen LogP contribution in [0.15, 0.2) is 57.5 Å². The second-order valence-electron chi connectivity index (χ2n) is 4.29. The molecule has 0 aliphatic carbocycles. The monoisotopic (exact) mass is 348 g/mol. The summed E-state index contributed by atoms with van der Waals surface area (Å²) in [6.45, 7) is 0. The van der Waals surface area contributed by atoms with Crippen LogP contribution in [0, 0.1) is 0 Å². The van der Waals surface area contributed by atoms with E-state index in [-0.39, 0.29) is 0 Å². The van der Waals surface area contributed by atoms with E-state index < -0.39 is 0 Å². The third-order valence-electron chi connectivity index (χ3n) is 2.94. The Balaban J connectivity index is 2.17. The van der Waals surface area contributed by atoms with Gasteiger partial charge in [-0.2, -0.15) is 0 Å². The van der Waals surface area contributed by atoms with Crippen molar-refractivity contribution in [2.24, 2.45) is 0 Å². The Kier molecular flexibility index (Phi) is 3.51. The number of nitrogens with two attached hydrogens (primary N) is 1. The molecule has 100 valence electrons. The first kappa shape index (κ1) is 13.2. The van der Waals surface area contributed by atoms with E-state index in [1.165, 1.54) is 0 Å². The molecule has 0 aliphatic rings. The van der Waals surface area contributed by atoms with Crippen molar-refractivity contribution >= 4 is 33.3 Å². The first-order chi connectivity index (χ1) is 9.65. The highest BCUT2D eigenvalue weighted by molar-refractivity contribution is 9.10. The van der Waals surface area contributed by atoms with E-state index in [1.54, 1.807) is 0 Å². The number of rotatable bonds is 2. The van der Waals surface area contributed by atoms with E-state index in [0.717, 1.165) is 21.2 Å². The number of hydrogen-bond acceptors (Lipinski definition) is 3. The molecule has 0 saturated heterocycles. The first-order valence-electron chi connectivity index (χ1n) is 5.92. The molecule has 0 atom stereocenters. The van der Waals surface area contributed by atoms with E-state index in [1.807, 2.05) is 48.5 Å². The molecular formula is C15H10BrClN2O. The third kappa shape index (κ3) is 2.44. The smallest absolute Gasteiger partial charge is 0.176 e. The van der Waals surface area contributed by atoms with Gasteiger partial charge < -0.3 is 10.3 Å². The van der Waals surface area contributed by atoms with Gasteiger partial charge in [0.2, 0.25) is 0 Å². The molecule has 5 heteroatoms. The van der Waals surface area contributed by atoms with Gasteiger partial charge in [0.25, 0.3) is 0 Å². The molecule has 0 fully saturated rings. The Morgan fingerprint density at radius 2 is 1.80 bits per heavy atom. The van der Waals surface area contributed by atoms with Gasteiger partial charge in [0.05, 0.1) is 5.56 Å². The lowest BCUT2D eigenvalue weighted by Crippen LogP contribution is -1.88. The quantitative estimate of drug-likeness (QED) is 0.708. The standard InChI is InChI=1S/C15H10BrClN2O/c16-11-6-4-9(5-7-11)14-13(15(18)19-20-14)10-2-1-3-12(17)8-10/h1-8H,(H2,18,19). The van der Waals surface area contributed by atoms with Crippen LogP contribution in [0.25, 0.3) is 22.5 Å². The molecule has 0 amide bonds. The van der Waals surface area contributed by atoms with Crippen molar-refractivity contribution in [3.8, 4) is 22.5 Å². The fourth-order valence-corrected chi connectivity index (χ4v) is 2.48. The second-order valence-corrected chi connectivity index (χ2v) is 5.64. The molecule has 0 aliphatic heterocycles. The summed E-state index contributed by atoms with van der Waals surface area (Å²) >= 11 is 9.44. The van der Waals surface area contributed by atoms with Crippen LogP contribution in [-0.4, -0.2) is 5.16 Å². The van der Waals surface area contributed by atoms with Crippen LogP contribution in [0.5, 0.6) is 0 Å². The average Bonchev–Trinajstić information content (AvgIpc) is 2.81. The van der Waals surface area contributed by atoms with Gasteiger partial charge in [-0.3, -0.25) is 0 Å². The Morgan fingerprint density at radius 3 is 2.50 bits per heavy atom. The van der Waals surface area contributed by atoms with Crippen LogP contribution in [0.1, 0.15) is 0 Å². The van der Waals surface area contributed by atoms with E-state index in [9.17, 15) is 0 Å². The summed E-state index contributed by atoms with van der Waals surface area (Å²) in [6.07, 6.45) is 0. The van der Waals surface area contributed by atoms with Crippen LogP contribution in [0.3, 0.4) is 0 Å². The van der Waals surface area contributed by atoms with Gasteiger partial charge in [0.15, 0.2) is 11.6 Å². The first-order valence-corrected chi connectivity index (χ1v) is 7.09. The van der Waals surface area contributed by atoms with Crippen molar-refractivity contribution in [2.45, 2.75) is 0 Å².